The number of carbonyl (C=O) groups excluding carboxylic acids is 2. The average Bonchev–Trinajstić information content (AvgIpc) is 2.71. The minimum absolute atomic E-state index is 0.00566. The first kappa shape index (κ1) is 23.6. The SMILES string of the molecule is CNC(=O)c1ccc(CN(C)CC(=O)N[C@@H](c2ccc(C(C)C)cc2)C(C)C)cc1. The van der Waals surface area contributed by atoms with Crippen molar-refractivity contribution >= 4 is 11.8 Å². The smallest absolute Gasteiger partial charge is 0.251 e. The Hall–Kier alpha value is -2.66. The van der Waals surface area contributed by atoms with Gasteiger partial charge in [-0.2, -0.15) is 0 Å². The summed E-state index contributed by atoms with van der Waals surface area (Å²) in [6.07, 6.45) is 0. The molecule has 0 bridgehead atoms. The van der Waals surface area contributed by atoms with Gasteiger partial charge in [0.25, 0.3) is 5.91 Å². The number of nitrogens with zero attached hydrogens (tertiary/aromatic N) is 1. The van der Waals surface area contributed by atoms with Gasteiger partial charge in [-0.05, 0) is 47.7 Å². The van der Waals surface area contributed by atoms with Crippen LogP contribution in [-0.4, -0.2) is 37.4 Å². The Balaban J connectivity index is 1.95. The zero-order chi connectivity index (χ0) is 22.3. The summed E-state index contributed by atoms with van der Waals surface area (Å²) in [7, 11) is 3.54. The van der Waals surface area contributed by atoms with E-state index < -0.39 is 0 Å². The molecule has 0 saturated carbocycles. The van der Waals surface area contributed by atoms with Crippen LogP contribution in [0.4, 0.5) is 0 Å². The first-order valence-electron chi connectivity index (χ1n) is 10.6. The molecule has 0 spiro atoms. The maximum atomic E-state index is 12.7. The molecule has 2 aromatic rings. The molecule has 5 nitrogen and oxygen atoms in total. The van der Waals surface area contributed by atoms with Gasteiger partial charge in [-0.15, -0.1) is 0 Å². The lowest BCUT2D eigenvalue weighted by molar-refractivity contribution is -0.123. The van der Waals surface area contributed by atoms with E-state index in [1.807, 2.05) is 24.1 Å². The number of rotatable bonds is 9. The Bertz CT molecular complexity index is 826. The van der Waals surface area contributed by atoms with Crippen LogP contribution in [-0.2, 0) is 11.3 Å². The van der Waals surface area contributed by atoms with Crippen LogP contribution in [0.15, 0.2) is 48.5 Å². The second kappa shape index (κ2) is 10.9. The van der Waals surface area contributed by atoms with Gasteiger partial charge in [-0.25, -0.2) is 0 Å². The van der Waals surface area contributed by atoms with Gasteiger partial charge in [-0.3, -0.25) is 14.5 Å². The van der Waals surface area contributed by atoms with Crippen molar-refractivity contribution in [2.45, 2.75) is 46.2 Å². The maximum Gasteiger partial charge on any atom is 0.251 e. The second-order valence-electron chi connectivity index (χ2n) is 8.56. The second-order valence-corrected chi connectivity index (χ2v) is 8.56. The lowest BCUT2D eigenvalue weighted by Gasteiger charge is -2.25. The Morgan fingerprint density at radius 3 is 1.97 bits per heavy atom. The number of nitrogens with one attached hydrogen (secondary N) is 2. The molecule has 0 heterocycles. The van der Waals surface area contributed by atoms with Crippen molar-refractivity contribution < 1.29 is 9.59 Å². The normalized spacial score (nSPS) is 12.3. The van der Waals surface area contributed by atoms with E-state index in [9.17, 15) is 9.59 Å². The van der Waals surface area contributed by atoms with E-state index in [1.165, 1.54) is 5.56 Å². The van der Waals surface area contributed by atoms with Gasteiger partial charge in [0, 0.05) is 19.2 Å². The Labute approximate surface area is 180 Å². The molecule has 5 heteroatoms. The van der Waals surface area contributed by atoms with Gasteiger partial charge in [0.05, 0.1) is 12.6 Å². The van der Waals surface area contributed by atoms with E-state index in [4.69, 9.17) is 0 Å². The highest BCUT2D eigenvalue weighted by atomic mass is 16.2. The third-order valence-electron chi connectivity index (χ3n) is 5.25. The molecule has 162 valence electrons. The van der Waals surface area contributed by atoms with Gasteiger partial charge >= 0.3 is 0 Å². The third kappa shape index (κ3) is 6.70. The lowest BCUT2D eigenvalue weighted by atomic mass is 9.93. The summed E-state index contributed by atoms with van der Waals surface area (Å²) in [5, 5.41) is 5.81. The Morgan fingerprint density at radius 2 is 1.47 bits per heavy atom. The summed E-state index contributed by atoms with van der Waals surface area (Å²) in [5.74, 6) is 0.688. The van der Waals surface area contributed by atoms with E-state index in [0.717, 1.165) is 11.1 Å². The zero-order valence-electron chi connectivity index (χ0n) is 19.0. The van der Waals surface area contributed by atoms with Crippen molar-refractivity contribution in [3.05, 3.63) is 70.8 Å². The summed E-state index contributed by atoms with van der Waals surface area (Å²) in [5.41, 5.74) is 4.12. The topological polar surface area (TPSA) is 61.4 Å². The lowest BCUT2D eigenvalue weighted by Crippen LogP contribution is -2.38. The van der Waals surface area contributed by atoms with Gasteiger partial charge in [0.15, 0.2) is 0 Å². The summed E-state index contributed by atoms with van der Waals surface area (Å²) in [6.45, 7) is 9.55. The first-order chi connectivity index (χ1) is 14.2. The monoisotopic (exact) mass is 409 g/mol. The number of amides is 2. The van der Waals surface area contributed by atoms with Gasteiger partial charge in [-0.1, -0.05) is 64.1 Å². The molecular formula is C25H35N3O2. The van der Waals surface area contributed by atoms with Crippen molar-refractivity contribution in [3.8, 4) is 0 Å². The summed E-state index contributed by atoms with van der Waals surface area (Å²) < 4.78 is 0. The Morgan fingerprint density at radius 1 is 0.900 bits per heavy atom. The van der Waals surface area contributed by atoms with Crippen LogP contribution < -0.4 is 10.6 Å². The van der Waals surface area contributed by atoms with Gasteiger partial charge < -0.3 is 10.6 Å². The van der Waals surface area contributed by atoms with Crippen molar-refractivity contribution in [2.75, 3.05) is 20.6 Å². The predicted octanol–water partition coefficient (Wildman–Crippen LogP) is 4.11. The van der Waals surface area contributed by atoms with Crippen molar-refractivity contribution in [2.24, 2.45) is 5.92 Å². The number of likely N-dealkylation sites (N-methyl/N-ethyl adjacent to an activating group) is 1. The van der Waals surface area contributed by atoms with Gasteiger partial charge in [0.2, 0.25) is 5.91 Å². The molecule has 0 aromatic heterocycles. The van der Waals surface area contributed by atoms with Crippen molar-refractivity contribution in [3.63, 3.8) is 0 Å². The highest BCUT2D eigenvalue weighted by Gasteiger charge is 2.19. The van der Waals surface area contributed by atoms with E-state index >= 15 is 0 Å². The molecule has 2 amide bonds. The number of hydrogen-bond donors (Lipinski definition) is 2. The van der Waals surface area contributed by atoms with E-state index in [1.54, 1.807) is 19.2 Å². The van der Waals surface area contributed by atoms with Gasteiger partial charge in [0.1, 0.15) is 0 Å². The molecule has 30 heavy (non-hydrogen) atoms. The van der Waals surface area contributed by atoms with Crippen molar-refractivity contribution in [1.82, 2.24) is 15.5 Å². The Kier molecular flexibility index (Phi) is 8.60. The fourth-order valence-electron chi connectivity index (χ4n) is 3.46. The highest BCUT2D eigenvalue weighted by molar-refractivity contribution is 5.93. The fourth-order valence-corrected chi connectivity index (χ4v) is 3.46. The zero-order valence-corrected chi connectivity index (χ0v) is 19.0. The van der Waals surface area contributed by atoms with Crippen molar-refractivity contribution in [1.29, 1.82) is 0 Å². The molecule has 0 aliphatic carbocycles. The minimum atomic E-state index is -0.101. The van der Waals surface area contributed by atoms with E-state index in [-0.39, 0.29) is 17.9 Å². The summed E-state index contributed by atoms with van der Waals surface area (Å²) >= 11 is 0. The number of benzene rings is 2. The molecule has 0 unspecified atom stereocenters. The molecule has 0 fully saturated rings. The van der Waals surface area contributed by atoms with Crippen LogP contribution in [0.25, 0.3) is 0 Å². The number of hydrogen-bond acceptors (Lipinski definition) is 3. The minimum Gasteiger partial charge on any atom is -0.355 e. The third-order valence-corrected chi connectivity index (χ3v) is 5.25. The van der Waals surface area contributed by atoms with E-state index in [0.29, 0.717) is 30.5 Å². The van der Waals surface area contributed by atoms with Crippen LogP contribution >= 0.6 is 0 Å². The molecule has 0 saturated heterocycles. The molecule has 2 N–H and O–H groups in total. The predicted molar refractivity (Wildman–Crippen MR) is 122 cm³/mol. The average molecular weight is 410 g/mol. The highest BCUT2D eigenvalue weighted by Crippen LogP contribution is 2.24. The van der Waals surface area contributed by atoms with Crippen LogP contribution in [0.1, 0.15) is 66.7 Å². The molecule has 0 aliphatic heterocycles. The first-order valence-corrected chi connectivity index (χ1v) is 10.6. The van der Waals surface area contributed by atoms with Crippen LogP contribution in [0.3, 0.4) is 0 Å². The molecule has 1 atom stereocenters. The van der Waals surface area contributed by atoms with Crippen LogP contribution in [0, 0.1) is 5.92 Å². The molecule has 0 aliphatic rings. The molecule has 0 radical (unpaired) electrons. The maximum absolute atomic E-state index is 12.7. The van der Waals surface area contributed by atoms with E-state index in [2.05, 4.69) is 62.6 Å². The quantitative estimate of drug-likeness (QED) is 0.655. The number of carbonyl (C=O) groups is 2. The summed E-state index contributed by atoms with van der Waals surface area (Å²) in [6, 6.07) is 16.0. The fraction of sp³-hybridized carbons (Fsp3) is 0.440. The van der Waals surface area contributed by atoms with Crippen LogP contribution in [0.5, 0.6) is 0 Å². The molecule has 2 aromatic carbocycles. The largest absolute Gasteiger partial charge is 0.355 e. The molecular weight excluding hydrogens is 374 g/mol. The molecule has 2 rings (SSSR count). The standard InChI is InChI=1S/C25H35N3O2/c1-17(2)20-11-13-21(14-12-20)24(18(3)4)27-23(29)16-28(6)15-19-7-9-22(10-8-19)25(30)26-5/h7-14,17-18,24H,15-16H2,1-6H3,(H,26,30)(H,27,29)/t24-/m1/s1. The summed E-state index contributed by atoms with van der Waals surface area (Å²) in [4.78, 5) is 26.3. The van der Waals surface area contributed by atoms with Crippen LogP contribution in [0.2, 0.25) is 0 Å².